The van der Waals surface area contributed by atoms with Crippen molar-refractivity contribution in [2.24, 2.45) is 0 Å². The van der Waals surface area contributed by atoms with Gasteiger partial charge in [-0.3, -0.25) is 0 Å². The fraction of sp³-hybridized carbons (Fsp3) is 0.333. The summed E-state index contributed by atoms with van der Waals surface area (Å²) in [4.78, 5) is 12.5. The number of methoxy groups -OCH3 is 1. The Balaban J connectivity index is 2.16. The molecule has 19 heavy (non-hydrogen) atoms. The highest BCUT2D eigenvalue weighted by Gasteiger charge is 2.33. The van der Waals surface area contributed by atoms with Gasteiger partial charge < -0.3 is 9.84 Å². The fourth-order valence-corrected chi connectivity index (χ4v) is 1.57. The van der Waals surface area contributed by atoms with Crippen LogP contribution in [0.1, 0.15) is 6.92 Å². The van der Waals surface area contributed by atoms with Gasteiger partial charge in [-0.2, -0.15) is 4.80 Å². The molecule has 2 aromatic rings. The molecular weight excluding hydrogens is 248 g/mol. The minimum Gasteiger partial charge on any atom is -0.467 e. The molecule has 0 aliphatic heterocycles. The second-order valence-electron chi connectivity index (χ2n) is 4.27. The molecule has 1 unspecified atom stereocenters. The quantitative estimate of drug-likeness (QED) is 0.795. The van der Waals surface area contributed by atoms with Gasteiger partial charge in [-0.15, -0.1) is 10.2 Å². The largest absolute Gasteiger partial charge is 0.467 e. The summed E-state index contributed by atoms with van der Waals surface area (Å²) in [6.07, 6.45) is 0. The van der Waals surface area contributed by atoms with E-state index in [4.69, 9.17) is 0 Å². The summed E-state index contributed by atoms with van der Waals surface area (Å²) in [5, 5.41) is 21.7. The van der Waals surface area contributed by atoms with E-state index in [1.165, 1.54) is 18.8 Å². The van der Waals surface area contributed by atoms with Crippen molar-refractivity contribution in [3.63, 3.8) is 0 Å². The summed E-state index contributed by atoms with van der Waals surface area (Å²) in [5.41, 5.74) is -0.880. The number of esters is 1. The van der Waals surface area contributed by atoms with E-state index in [2.05, 4.69) is 20.1 Å². The molecule has 0 saturated carbocycles. The van der Waals surface area contributed by atoms with Gasteiger partial charge in [-0.05, 0) is 12.1 Å². The van der Waals surface area contributed by atoms with Crippen LogP contribution in [0.15, 0.2) is 30.3 Å². The number of rotatable bonds is 4. The van der Waals surface area contributed by atoms with E-state index in [1.54, 1.807) is 0 Å². The Morgan fingerprint density at radius 3 is 2.74 bits per heavy atom. The van der Waals surface area contributed by atoms with Crippen LogP contribution in [0.25, 0.3) is 11.4 Å². The lowest BCUT2D eigenvalue weighted by Gasteiger charge is -2.18. The number of hydrogen-bond acceptors (Lipinski definition) is 6. The maximum absolute atomic E-state index is 11.4. The lowest BCUT2D eigenvalue weighted by molar-refractivity contribution is -0.162. The maximum Gasteiger partial charge on any atom is 0.339 e. The van der Waals surface area contributed by atoms with Gasteiger partial charge in [0.15, 0.2) is 5.60 Å². The van der Waals surface area contributed by atoms with Crippen molar-refractivity contribution < 1.29 is 14.6 Å². The van der Waals surface area contributed by atoms with E-state index < -0.39 is 11.6 Å². The molecular formula is C12H14N4O3. The second-order valence-corrected chi connectivity index (χ2v) is 4.27. The highest BCUT2D eigenvalue weighted by atomic mass is 16.5. The summed E-state index contributed by atoms with van der Waals surface area (Å²) in [6.45, 7) is 1.21. The van der Waals surface area contributed by atoms with Crippen LogP contribution in [-0.4, -0.2) is 44.0 Å². The third-order valence-corrected chi connectivity index (χ3v) is 2.56. The summed E-state index contributed by atoms with van der Waals surface area (Å²) in [7, 11) is 1.21. The molecule has 1 atom stereocenters. The fourth-order valence-electron chi connectivity index (χ4n) is 1.57. The van der Waals surface area contributed by atoms with Gasteiger partial charge in [-0.25, -0.2) is 4.79 Å². The third kappa shape index (κ3) is 2.94. The van der Waals surface area contributed by atoms with E-state index in [9.17, 15) is 9.90 Å². The van der Waals surface area contributed by atoms with Crippen LogP contribution in [0.4, 0.5) is 0 Å². The molecule has 0 saturated heterocycles. The number of carbonyl (C=O) groups excluding carboxylic acids is 1. The Hall–Kier alpha value is -2.28. The summed E-state index contributed by atoms with van der Waals surface area (Å²) in [5.74, 6) is -0.313. The number of tetrazole rings is 1. The first-order valence-electron chi connectivity index (χ1n) is 5.67. The van der Waals surface area contributed by atoms with E-state index >= 15 is 0 Å². The Labute approximate surface area is 109 Å². The van der Waals surface area contributed by atoms with Crippen LogP contribution in [0.2, 0.25) is 0 Å². The van der Waals surface area contributed by atoms with Crippen molar-refractivity contribution in [3.05, 3.63) is 30.3 Å². The molecule has 1 aromatic carbocycles. The van der Waals surface area contributed by atoms with E-state index in [0.29, 0.717) is 5.82 Å². The first-order chi connectivity index (χ1) is 9.03. The molecule has 0 spiro atoms. The van der Waals surface area contributed by atoms with Gasteiger partial charge in [0.1, 0.15) is 6.54 Å². The second kappa shape index (κ2) is 5.15. The third-order valence-electron chi connectivity index (χ3n) is 2.56. The molecule has 7 nitrogen and oxygen atoms in total. The number of carbonyl (C=O) groups is 1. The zero-order chi connectivity index (χ0) is 13.9. The number of hydrogen-bond donors (Lipinski definition) is 1. The topological polar surface area (TPSA) is 90.1 Å². The summed E-state index contributed by atoms with van der Waals surface area (Å²) >= 11 is 0. The molecule has 2 rings (SSSR count). The van der Waals surface area contributed by atoms with Crippen molar-refractivity contribution in [2.45, 2.75) is 19.1 Å². The van der Waals surface area contributed by atoms with Crippen LogP contribution in [-0.2, 0) is 16.1 Å². The first-order valence-corrected chi connectivity index (χ1v) is 5.67. The molecule has 0 aliphatic carbocycles. The Bertz CT molecular complexity index is 565. The van der Waals surface area contributed by atoms with Gasteiger partial charge >= 0.3 is 5.97 Å². The van der Waals surface area contributed by atoms with Gasteiger partial charge in [-0.1, -0.05) is 30.3 Å². The molecule has 1 heterocycles. The van der Waals surface area contributed by atoms with E-state index in [0.717, 1.165) is 5.56 Å². The lowest BCUT2D eigenvalue weighted by Crippen LogP contribution is -2.41. The van der Waals surface area contributed by atoms with Crippen molar-refractivity contribution >= 4 is 5.97 Å². The normalized spacial score (nSPS) is 13.8. The van der Waals surface area contributed by atoms with Crippen molar-refractivity contribution in [2.75, 3.05) is 7.11 Å². The molecule has 0 bridgehead atoms. The number of ether oxygens (including phenoxy) is 1. The molecule has 7 heteroatoms. The monoisotopic (exact) mass is 262 g/mol. The summed E-state index contributed by atoms with van der Waals surface area (Å²) in [6, 6.07) is 9.30. The molecule has 0 aliphatic rings. The number of benzene rings is 1. The van der Waals surface area contributed by atoms with E-state index in [1.807, 2.05) is 30.3 Å². The molecule has 0 amide bonds. The maximum atomic E-state index is 11.4. The average Bonchev–Trinajstić information content (AvgIpc) is 2.86. The van der Waals surface area contributed by atoms with Crippen LogP contribution < -0.4 is 0 Å². The van der Waals surface area contributed by atoms with Crippen LogP contribution in [0.3, 0.4) is 0 Å². The number of aliphatic hydroxyl groups is 1. The zero-order valence-corrected chi connectivity index (χ0v) is 10.6. The van der Waals surface area contributed by atoms with Gasteiger partial charge in [0.2, 0.25) is 5.82 Å². The number of aromatic nitrogens is 4. The lowest BCUT2D eigenvalue weighted by atomic mass is 10.1. The Morgan fingerprint density at radius 2 is 2.11 bits per heavy atom. The number of nitrogens with zero attached hydrogens (tertiary/aromatic N) is 4. The van der Waals surface area contributed by atoms with Crippen molar-refractivity contribution in [1.82, 2.24) is 20.2 Å². The molecule has 0 radical (unpaired) electrons. The van der Waals surface area contributed by atoms with Crippen molar-refractivity contribution in [1.29, 1.82) is 0 Å². The van der Waals surface area contributed by atoms with E-state index in [-0.39, 0.29) is 6.54 Å². The predicted molar refractivity (Wildman–Crippen MR) is 65.9 cm³/mol. The van der Waals surface area contributed by atoms with Crippen LogP contribution >= 0.6 is 0 Å². The predicted octanol–water partition coefficient (Wildman–Crippen LogP) is 0.264. The minimum absolute atomic E-state index is 0.125. The molecule has 1 N–H and O–H groups in total. The Kier molecular flexibility index (Phi) is 3.57. The zero-order valence-electron chi connectivity index (χ0n) is 10.6. The smallest absolute Gasteiger partial charge is 0.339 e. The van der Waals surface area contributed by atoms with Crippen LogP contribution in [0, 0.1) is 0 Å². The minimum atomic E-state index is -1.69. The van der Waals surface area contributed by atoms with Crippen LogP contribution in [0.5, 0.6) is 0 Å². The van der Waals surface area contributed by atoms with Gasteiger partial charge in [0.25, 0.3) is 0 Å². The SMILES string of the molecule is COC(=O)C(C)(O)Cn1nnc(-c2ccccc2)n1. The molecule has 100 valence electrons. The van der Waals surface area contributed by atoms with Gasteiger partial charge in [0, 0.05) is 5.56 Å². The molecule has 1 aromatic heterocycles. The Morgan fingerprint density at radius 1 is 1.42 bits per heavy atom. The molecule has 0 fully saturated rings. The van der Waals surface area contributed by atoms with Gasteiger partial charge in [0.05, 0.1) is 7.11 Å². The standard InChI is InChI=1S/C12H14N4O3/c1-12(18,11(17)19-2)8-16-14-10(13-15-16)9-6-4-3-5-7-9/h3-7,18H,8H2,1-2H3. The first kappa shape index (κ1) is 13.2. The summed E-state index contributed by atoms with van der Waals surface area (Å²) < 4.78 is 4.50. The average molecular weight is 262 g/mol. The highest BCUT2D eigenvalue weighted by Crippen LogP contribution is 2.13. The van der Waals surface area contributed by atoms with Crippen molar-refractivity contribution in [3.8, 4) is 11.4 Å². The highest BCUT2D eigenvalue weighted by molar-refractivity contribution is 5.78.